The highest BCUT2D eigenvalue weighted by Gasteiger charge is 2.21. The van der Waals surface area contributed by atoms with E-state index in [-0.39, 0.29) is 44.8 Å². The van der Waals surface area contributed by atoms with Crippen molar-refractivity contribution in [2.24, 2.45) is 11.7 Å². The van der Waals surface area contributed by atoms with E-state index in [2.05, 4.69) is 14.7 Å². The van der Waals surface area contributed by atoms with Gasteiger partial charge in [-0.1, -0.05) is 24.3 Å². The van der Waals surface area contributed by atoms with Crippen molar-refractivity contribution in [1.29, 1.82) is 0 Å². The van der Waals surface area contributed by atoms with Gasteiger partial charge in [0.1, 0.15) is 11.6 Å². The first-order valence-electron chi connectivity index (χ1n) is 13.0. The predicted octanol–water partition coefficient (Wildman–Crippen LogP) is 4.35. The van der Waals surface area contributed by atoms with Gasteiger partial charge in [-0.25, -0.2) is 4.79 Å². The topological polar surface area (TPSA) is 131 Å². The highest BCUT2D eigenvalue weighted by molar-refractivity contribution is 7.59. The van der Waals surface area contributed by atoms with E-state index in [1.807, 2.05) is 51.1 Å². The monoisotopic (exact) mass is 617 g/mol. The Bertz CT molecular complexity index is 1210. The largest absolute Gasteiger partial charge is 0.469 e. The van der Waals surface area contributed by atoms with Crippen molar-refractivity contribution >= 4 is 44.9 Å². The molecule has 0 fully saturated rings. The van der Waals surface area contributed by atoms with Crippen molar-refractivity contribution in [2.45, 2.75) is 58.1 Å². The summed E-state index contributed by atoms with van der Waals surface area (Å²) < 4.78 is 14.8. The normalized spacial score (nSPS) is 11.7. The highest BCUT2D eigenvalue weighted by atomic mass is 32.1. The second-order valence-corrected chi connectivity index (χ2v) is 10.2. The van der Waals surface area contributed by atoms with Crippen LogP contribution in [0.15, 0.2) is 73.3 Å². The van der Waals surface area contributed by atoms with E-state index in [1.165, 1.54) is 14.2 Å². The third-order valence-corrected chi connectivity index (χ3v) is 5.79. The number of rotatable bonds is 10. The van der Waals surface area contributed by atoms with E-state index in [1.54, 1.807) is 43.0 Å². The summed E-state index contributed by atoms with van der Waals surface area (Å²) in [6.45, 7) is 5.53. The molecule has 9 nitrogen and oxygen atoms in total. The fourth-order valence-corrected chi connectivity index (χ4v) is 3.77. The molecule has 11 heteroatoms. The zero-order valence-electron chi connectivity index (χ0n) is 24.8. The molecule has 0 bridgehead atoms. The van der Waals surface area contributed by atoms with Gasteiger partial charge >= 0.3 is 17.9 Å². The van der Waals surface area contributed by atoms with Crippen LogP contribution in [0, 0.1) is 5.92 Å². The fourth-order valence-electron chi connectivity index (χ4n) is 3.77. The lowest BCUT2D eigenvalue weighted by Crippen LogP contribution is -2.33. The van der Waals surface area contributed by atoms with E-state index >= 15 is 0 Å². The van der Waals surface area contributed by atoms with Gasteiger partial charge in [-0.05, 0) is 87.4 Å². The van der Waals surface area contributed by atoms with Gasteiger partial charge < -0.3 is 19.9 Å². The van der Waals surface area contributed by atoms with Gasteiger partial charge in [0.05, 0.1) is 25.7 Å². The molecule has 1 aromatic carbocycles. The van der Waals surface area contributed by atoms with Crippen LogP contribution < -0.4 is 5.73 Å². The first-order chi connectivity index (χ1) is 19.0. The van der Waals surface area contributed by atoms with Crippen LogP contribution in [-0.2, 0) is 43.1 Å². The average molecular weight is 618 g/mol. The summed E-state index contributed by atoms with van der Waals surface area (Å²) in [6, 6.07) is 14.2. The minimum atomic E-state index is -0.603. The minimum absolute atomic E-state index is 0. The summed E-state index contributed by atoms with van der Waals surface area (Å²) in [5.74, 6) is -1.18. The Labute approximate surface area is 262 Å². The van der Waals surface area contributed by atoms with Crippen molar-refractivity contribution in [2.75, 3.05) is 14.2 Å². The van der Waals surface area contributed by atoms with Gasteiger partial charge in [0.2, 0.25) is 0 Å². The first-order valence-corrected chi connectivity index (χ1v) is 13.0. The number of aromatic nitrogens is 2. The van der Waals surface area contributed by atoms with Crippen molar-refractivity contribution in [3.63, 3.8) is 0 Å². The zero-order chi connectivity index (χ0) is 29.5. The van der Waals surface area contributed by atoms with E-state index in [0.29, 0.717) is 31.2 Å². The Morgan fingerprint density at radius 1 is 0.786 bits per heavy atom. The van der Waals surface area contributed by atoms with Crippen LogP contribution in [0.2, 0.25) is 0 Å². The molecule has 0 unspecified atom stereocenters. The van der Waals surface area contributed by atoms with Gasteiger partial charge in [0.15, 0.2) is 0 Å². The Hall–Kier alpha value is -3.41. The number of hydrogen-bond donors (Lipinski definition) is 1. The number of carbonyl (C=O) groups excluding carboxylic acids is 3. The molecule has 0 spiro atoms. The number of ether oxygens (including phenoxy) is 3. The molecule has 0 aliphatic rings. The molecule has 0 aliphatic carbocycles. The van der Waals surface area contributed by atoms with Crippen molar-refractivity contribution < 1.29 is 28.6 Å². The van der Waals surface area contributed by atoms with Gasteiger partial charge in [-0.15, -0.1) is 0 Å². The number of aryl methyl sites for hydroxylation is 1. The number of pyridine rings is 2. The number of esters is 3. The number of nitrogens with two attached hydrogens (primary N) is 1. The van der Waals surface area contributed by atoms with Crippen LogP contribution in [0.25, 0.3) is 0 Å². The Balaban J connectivity index is 0.000000949. The van der Waals surface area contributed by atoms with E-state index < -0.39 is 17.6 Å². The lowest BCUT2D eigenvalue weighted by Gasteiger charge is -2.19. The third kappa shape index (κ3) is 14.5. The zero-order valence-corrected chi connectivity index (χ0v) is 26.8. The van der Waals surface area contributed by atoms with Gasteiger partial charge in [-0.3, -0.25) is 19.6 Å². The van der Waals surface area contributed by atoms with Crippen molar-refractivity contribution in [3.05, 3.63) is 95.6 Å². The molecule has 3 rings (SSSR count). The second-order valence-electron chi connectivity index (χ2n) is 10.2. The summed E-state index contributed by atoms with van der Waals surface area (Å²) in [7, 11) is 2.74. The van der Waals surface area contributed by atoms with Crippen LogP contribution in [0.3, 0.4) is 0 Å². The first kappa shape index (κ1) is 38.6. The molecular weight excluding hydrogens is 574 g/mol. The quantitative estimate of drug-likeness (QED) is 0.261. The molecule has 2 aromatic heterocycles. The second kappa shape index (κ2) is 19.7. The van der Waals surface area contributed by atoms with E-state index in [0.717, 1.165) is 16.7 Å². The van der Waals surface area contributed by atoms with E-state index in [9.17, 15) is 14.4 Å². The predicted molar refractivity (Wildman–Crippen MR) is 172 cm³/mol. The van der Waals surface area contributed by atoms with Crippen molar-refractivity contribution in [1.82, 2.24) is 9.97 Å². The molecule has 0 amide bonds. The number of nitrogens with zero attached hydrogens (tertiary/aromatic N) is 2. The minimum Gasteiger partial charge on any atom is -0.469 e. The number of benzene rings is 1. The molecule has 0 aliphatic heterocycles. The molecule has 0 saturated carbocycles. The smallest absolute Gasteiger partial charge is 0.338 e. The van der Waals surface area contributed by atoms with Crippen molar-refractivity contribution in [3.8, 4) is 0 Å². The number of hydrogen-bond acceptors (Lipinski definition) is 9. The van der Waals surface area contributed by atoms with Gasteiger partial charge in [0, 0.05) is 24.8 Å². The molecule has 2 atom stereocenters. The summed E-state index contributed by atoms with van der Waals surface area (Å²) in [4.78, 5) is 43.2. The average Bonchev–Trinajstić information content (AvgIpc) is 2.95. The molecule has 42 heavy (non-hydrogen) atoms. The Morgan fingerprint density at radius 2 is 1.31 bits per heavy atom. The molecule has 3 aromatic rings. The Kier molecular flexibility index (Phi) is 18.1. The SMILES string of the molecule is COC(=O)[C@H](CCc1ccc(C(=O)OC(C)(C)C)cc1)Cc1cccnc1.COC(=O)[C@H](N)Cc1cccnc1.S.S. The molecule has 0 saturated heterocycles. The molecule has 230 valence electrons. The Morgan fingerprint density at radius 3 is 1.76 bits per heavy atom. The summed E-state index contributed by atoms with van der Waals surface area (Å²) in [6.07, 6.45) is 9.27. The van der Waals surface area contributed by atoms with E-state index in [4.69, 9.17) is 15.2 Å². The maximum atomic E-state index is 12.1. The summed E-state index contributed by atoms with van der Waals surface area (Å²) in [5, 5.41) is 0. The van der Waals surface area contributed by atoms with Crippen LogP contribution in [0.5, 0.6) is 0 Å². The highest BCUT2D eigenvalue weighted by Crippen LogP contribution is 2.18. The number of methoxy groups -OCH3 is 2. The van der Waals surface area contributed by atoms with Gasteiger partial charge in [0.25, 0.3) is 0 Å². The maximum Gasteiger partial charge on any atom is 0.338 e. The molecule has 0 radical (unpaired) electrons. The third-order valence-electron chi connectivity index (χ3n) is 5.79. The van der Waals surface area contributed by atoms with Crippen LogP contribution >= 0.6 is 27.0 Å². The van der Waals surface area contributed by atoms with Crippen LogP contribution in [-0.4, -0.2) is 53.7 Å². The standard InChI is InChI=1S/C22H27NO4.C9H12N2O2.2H2S/c1-22(2,3)27-21(25)18-10-7-16(8-11-18)9-12-19(20(24)26-4)14-17-6-5-13-23-15-17;1-13-9(12)8(10)5-7-3-2-4-11-6-7;;/h5-8,10-11,13,15,19H,9,12,14H2,1-4H3;2-4,6,8H,5,10H2,1H3;2*1H2/t19-;8-;;/m11../s1. The van der Waals surface area contributed by atoms with Crippen LogP contribution in [0.4, 0.5) is 0 Å². The molecule has 2 heterocycles. The summed E-state index contributed by atoms with van der Waals surface area (Å²) in [5.41, 5.74) is 8.56. The fraction of sp³-hybridized carbons (Fsp3) is 0.387. The lowest BCUT2D eigenvalue weighted by atomic mass is 9.93. The molecular formula is C31H43N3O6S2. The van der Waals surface area contributed by atoms with Crippen LogP contribution in [0.1, 0.15) is 54.2 Å². The summed E-state index contributed by atoms with van der Waals surface area (Å²) >= 11 is 0. The molecule has 2 N–H and O–H groups in total. The maximum absolute atomic E-state index is 12.1. The van der Waals surface area contributed by atoms with Gasteiger partial charge in [-0.2, -0.15) is 27.0 Å². The lowest BCUT2D eigenvalue weighted by molar-refractivity contribution is -0.145. The number of carbonyl (C=O) groups is 3.